The summed E-state index contributed by atoms with van der Waals surface area (Å²) in [4.78, 5) is 12.3. The fraction of sp³-hybridized carbons (Fsp3) is 0.364. The van der Waals surface area contributed by atoms with Gasteiger partial charge in [0.05, 0.1) is 12.4 Å². The summed E-state index contributed by atoms with van der Waals surface area (Å²) in [6.45, 7) is 4.15. The third-order valence-electron chi connectivity index (χ3n) is 3.40. The number of aromatic nitrogens is 4. The number of nitrogens with two attached hydrogens (primary N) is 1. The van der Waals surface area contributed by atoms with Crippen molar-refractivity contribution in [2.24, 2.45) is 5.92 Å². The summed E-state index contributed by atoms with van der Waals surface area (Å²) in [5, 5.41) is 9.10. The van der Waals surface area contributed by atoms with Gasteiger partial charge < -0.3 is 15.4 Å². The molecular formula is C11H13N5O. The SMILES string of the molecule is C=C1[C@@H](CO)C[C@@H]1n1cnc2c(N)ncnc21. The Balaban J connectivity index is 2.03. The van der Waals surface area contributed by atoms with Crippen LogP contribution in [0.3, 0.4) is 0 Å². The molecule has 0 amide bonds. The van der Waals surface area contributed by atoms with E-state index in [-0.39, 0.29) is 18.6 Å². The molecule has 0 radical (unpaired) electrons. The fourth-order valence-electron chi connectivity index (χ4n) is 2.27. The summed E-state index contributed by atoms with van der Waals surface area (Å²) >= 11 is 0. The molecule has 2 aromatic heterocycles. The topological polar surface area (TPSA) is 89.8 Å². The summed E-state index contributed by atoms with van der Waals surface area (Å²) in [5.41, 5.74) is 8.09. The summed E-state index contributed by atoms with van der Waals surface area (Å²) in [7, 11) is 0. The molecular weight excluding hydrogens is 218 g/mol. The lowest BCUT2D eigenvalue weighted by molar-refractivity contribution is 0.180. The van der Waals surface area contributed by atoms with Crippen LogP contribution in [0, 0.1) is 5.92 Å². The van der Waals surface area contributed by atoms with Crippen molar-refractivity contribution in [2.45, 2.75) is 12.5 Å². The van der Waals surface area contributed by atoms with E-state index in [1.807, 2.05) is 4.57 Å². The van der Waals surface area contributed by atoms with Gasteiger partial charge in [-0.15, -0.1) is 0 Å². The zero-order chi connectivity index (χ0) is 12.0. The van der Waals surface area contributed by atoms with Crippen molar-refractivity contribution in [3.05, 3.63) is 24.8 Å². The number of aliphatic hydroxyl groups is 1. The Bertz CT molecular complexity index is 591. The average Bonchev–Trinajstić information content (AvgIpc) is 2.73. The number of anilines is 1. The molecule has 0 bridgehead atoms. The van der Waals surface area contributed by atoms with Crippen molar-refractivity contribution in [1.29, 1.82) is 0 Å². The molecule has 1 aliphatic rings. The van der Waals surface area contributed by atoms with Crippen LogP contribution in [0.4, 0.5) is 5.82 Å². The molecule has 6 nitrogen and oxygen atoms in total. The van der Waals surface area contributed by atoms with Crippen LogP contribution in [0.2, 0.25) is 0 Å². The maximum Gasteiger partial charge on any atom is 0.165 e. The molecule has 1 aliphatic carbocycles. The predicted octanol–water partition coefficient (Wildman–Crippen LogP) is 0.518. The largest absolute Gasteiger partial charge is 0.396 e. The molecule has 0 aromatic carbocycles. The van der Waals surface area contributed by atoms with Crippen LogP contribution in [0.1, 0.15) is 12.5 Å². The summed E-state index contributed by atoms with van der Waals surface area (Å²) in [5.74, 6) is 0.578. The molecule has 3 N–H and O–H groups in total. The average molecular weight is 231 g/mol. The minimum Gasteiger partial charge on any atom is -0.396 e. The van der Waals surface area contributed by atoms with Gasteiger partial charge in [0.15, 0.2) is 11.5 Å². The van der Waals surface area contributed by atoms with Crippen molar-refractivity contribution in [3.8, 4) is 0 Å². The van der Waals surface area contributed by atoms with Gasteiger partial charge in [-0.25, -0.2) is 15.0 Å². The number of rotatable bonds is 2. The number of imidazole rings is 1. The van der Waals surface area contributed by atoms with Gasteiger partial charge in [0.2, 0.25) is 0 Å². The Hall–Kier alpha value is -1.95. The molecule has 1 fully saturated rings. The van der Waals surface area contributed by atoms with Crippen LogP contribution in [0.25, 0.3) is 11.2 Å². The first kappa shape index (κ1) is 10.2. The Kier molecular flexibility index (Phi) is 2.12. The van der Waals surface area contributed by atoms with E-state index >= 15 is 0 Å². The van der Waals surface area contributed by atoms with Gasteiger partial charge >= 0.3 is 0 Å². The van der Waals surface area contributed by atoms with Gasteiger partial charge in [-0.2, -0.15) is 0 Å². The second kappa shape index (κ2) is 3.53. The van der Waals surface area contributed by atoms with Crippen molar-refractivity contribution >= 4 is 17.0 Å². The molecule has 17 heavy (non-hydrogen) atoms. The van der Waals surface area contributed by atoms with Gasteiger partial charge in [0, 0.05) is 12.5 Å². The second-order valence-electron chi connectivity index (χ2n) is 4.29. The lowest BCUT2D eigenvalue weighted by Crippen LogP contribution is -2.31. The standard InChI is InChI=1S/C11H13N5O/c1-6-7(3-17)2-8(6)16-5-15-9-10(12)13-4-14-11(9)16/h4-5,7-8,17H,1-3H2,(H2,12,13,14)/t7-,8+/m1/s1. The molecule has 2 atom stereocenters. The Morgan fingerprint density at radius 3 is 3.00 bits per heavy atom. The van der Waals surface area contributed by atoms with E-state index in [1.165, 1.54) is 6.33 Å². The quantitative estimate of drug-likeness (QED) is 0.735. The van der Waals surface area contributed by atoms with Crippen LogP contribution in [0.5, 0.6) is 0 Å². The van der Waals surface area contributed by atoms with Crippen LogP contribution in [-0.4, -0.2) is 31.2 Å². The highest BCUT2D eigenvalue weighted by Crippen LogP contribution is 2.43. The molecule has 0 spiro atoms. The lowest BCUT2D eigenvalue weighted by Gasteiger charge is -2.38. The number of nitrogen functional groups attached to an aromatic ring is 1. The Labute approximate surface area is 97.8 Å². The predicted molar refractivity (Wildman–Crippen MR) is 63.1 cm³/mol. The molecule has 0 unspecified atom stereocenters. The second-order valence-corrected chi connectivity index (χ2v) is 4.29. The number of fused-ring (bicyclic) bond motifs is 1. The van der Waals surface area contributed by atoms with Crippen LogP contribution >= 0.6 is 0 Å². The van der Waals surface area contributed by atoms with E-state index in [0.717, 1.165) is 17.6 Å². The number of aliphatic hydroxyl groups excluding tert-OH is 1. The van der Waals surface area contributed by atoms with Crippen LogP contribution in [0.15, 0.2) is 24.8 Å². The zero-order valence-corrected chi connectivity index (χ0v) is 9.24. The van der Waals surface area contributed by atoms with Crippen molar-refractivity contribution in [1.82, 2.24) is 19.5 Å². The minimum absolute atomic E-state index is 0.152. The highest BCUT2D eigenvalue weighted by Gasteiger charge is 2.35. The van der Waals surface area contributed by atoms with Gasteiger partial charge in [-0.1, -0.05) is 6.58 Å². The number of hydrogen-bond acceptors (Lipinski definition) is 5. The fourth-order valence-corrected chi connectivity index (χ4v) is 2.27. The summed E-state index contributed by atoms with van der Waals surface area (Å²) in [6.07, 6.45) is 4.00. The van der Waals surface area contributed by atoms with E-state index in [0.29, 0.717) is 11.3 Å². The molecule has 6 heteroatoms. The normalized spacial score (nSPS) is 23.9. The van der Waals surface area contributed by atoms with Gasteiger partial charge in [-0.3, -0.25) is 0 Å². The van der Waals surface area contributed by atoms with Gasteiger partial charge in [0.25, 0.3) is 0 Å². The maximum atomic E-state index is 9.10. The first-order chi connectivity index (χ1) is 8.22. The lowest BCUT2D eigenvalue weighted by atomic mass is 9.76. The van der Waals surface area contributed by atoms with E-state index in [2.05, 4.69) is 21.5 Å². The molecule has 3 rings (SSSR count). The highest BCUT2D eigenvalue weighted by molar-refractivity contribution is 5.81. The Morgan fingerprint density at radius 2 is 2.29 bits per heavy atom. The van der Waals surface area contributed by atoms with E-state index in [9.17, 15) is 0 Å². The first-order valence-electron chi connectivity index (χ1n) is 5.45. The minimum atomic E-state index is 0.152. The van der Waals surface area contributed by atoms with E-state index in [1.54, 1.807) is 6.33 Å². The third-order valence-corrected chi connectivity index (χ3v) is 3.40. The summed E-state index contributed by atoms with van der Waals surface area (Å²) < 4.78 is 1.95. The number of hydrogen-bond donors (Lipinski definition) is 2. The monoisotopic (exact) mass is 231 g/mol. The van der Waals surface area contributed by atoms with Crippen molar-refractivity contribution < 1.29 is 5.11 Å². The smallest absolute Gasteiger partial charge is 0.165 e. The molecule has 1 saturated carbocycles. The first-order valence-corrected chi connectivity index (χ1v) is 5.45. The summed E-state index contributed by atoms with van der Waals surface area (Å²) in [6, 6.07) is 0.159. The molecule has 2 aromatic rings. The van der Waals surface area contributed by atoms with Gasteiger partial charge in [-0.05, 0) is 12.0 Å². The maximum absolute atomic E-state index is 9.10. The number of nitrogens with zero attached hydrogens (tertiary/aromatic N) is 4. The molecule has 0 saturated heterocycles. The van der Waals surface area contributed by atoms with Crippen molar-refractivity contribution in [2.75, 3.05) is 12.3 Å². The molecule has 0 aliphatic heterocycles. The zero-order valence-electron chi connectivity index (χ0n) is 9.24. The Morgan fingerprint density at radius 1 is 1.47 bits per heavy atom. The molecule has 2 heterocycles. The van der Waals surface area contributed by atoms with Gasteiger partial charge in [0.1, 0.15) is 11.8 Å². The van der Waals surface area contributed by atoms with Crippen LogP contribution in [-0.2, 0) is 0 Å². The van der Waals surface area contributed by atoms with Crippen LogP contribution < -0.4 is 5.73 Å². The highest BCUT2D eigenvalue weighted by atomic mass is 16.3. The molecule has 88 valence electrons. The van der Waals surface area contributed by atoms with E-state index in [4.69, 9.17) is 10.8 Å². The van der Waals surface area contributed by atoms with E-state index < -0.39 is 0 Å². The third kappa shape index (κ3) is 1.34. The van der Waals surface area contributed by atoms with Crippen molar-refractivity contribution in [3.63, 3.8) is 0 Å².